The summed E-state index contributed by atoms with van der Waals surface area (Å²) < 4.78 is 18.9. The van der Waals surface area contributed by atoms with E-state index < -0.39 is 10.7 Å². The van der Waals surface area contributed by atoms with Crippen LogP contribution in [0.4, 0.5) is 10.1 Å². The van der Waals surface area contributed by atoms with Gasteiger partial charge in [-0.3, -0.25) is 10.1 Å². The zero-order valence-corrected chi connectivity index (χ0v) is 11.2. The van der Waals surface area contributed by atoms with Crippen molar-refractivity contribution in [2.45, 2.75) is 13.0 Å². The molecule has 0 aliphatic heterocycles. The fourth-order valence-corrected chi connectivity index (χ4v) is 1.82. The fraction of sp³-hybridized carbons (Fsp3) is 0.200. The molecule has 6 heteroatoms. The van der Waals surface area contributed by atoms with Crippen molar-refractivity contribution in [3.8, 4) is 5.75 Å². The maximum absolute atomic E-state index is 13.6. The summed E-state index contributed by atoms with van der Waals surface area (Å²) in [4.78, 5) is 10.1. The third-order valence-corrected chi connectivity index (χ3v) is 2.97. The van der Waals surface area contributed by atoms with Crippen molar-refractivity contribution in [1.82, 2.24) is 0 Å². The van der Waals surface area contributed by atoms with Crippen molar-refractivity contribution in [2.75, 3.05) is 6.61 Å². The topological polar surface area (TPSA) is 72.6 Å². The van der Waals surface area contributed by atoms with Gasteiger partial charge in [0, 0.05) is 18.6 Å². The van der Waals surface area contributed by atoms with Crippen LogP contribution in [0.5, 0.6) is 5.75 Å². The maximum Gasteiger partial charge on any atom is 0.269 e. The minimum atomic E-state index is -0.523. The molecule has 0 unspecified atom stereocenters. The van der Waals surface area contributed by atoms with Crippen molar-refractivity contribution in [1.29, 1.82) is 0 Å². The minimum Gasteiger partial charge on any atom is -0.490 e. The highest BCUT2D eigenvalue weighted by atomic mass is 19.1. The van der Waals surface area contributed by atoms with Gasteiger partial charge in [0.25, 0.3) is 5.69 Å². The van der Waals surface area contributed by atoms with Crippen LogP contribution in [0.1, 0.15) is 11.1 Å². The largest absolute Gasteiger partial charge is 0.490 e. The summed E-state index contributed by atoms with van der Waals surface area (Å²) in [5.74, 6) is -0.403. The molecule has 2 aromatic rings. The van der Waals surface area contributed by atoms with Crippen LogP contribution in [0, 0.1) is 15.9 Å². The minimum absolute atomic E-state index is 0.0327. The van der Waals surface area contributed by atoms with Crippen molar-refractivity contribution in [3.05, 3.63) is 69.5 Å². The second kappa shape index (κ2) is 6.81. The predicted octanol–water partition coefficient (Wildman–Crippen LogP) is 2.85. The summed E-state index contributed by atoms with van der Waals surface area (Å²) in [5.41, 5.74) is 1.38. The highest BCUT2D eigenvalue weighted by Gasteiger charge is 2.06. The fourth-order valence-electron chi connectivity index (χ4n) is 1.82. The normalized spacial score (nSPS) is 10.4. The Morgan fingerprint density at radius 1 is 1.14 bits per heavy atom. The lowest BCUT2D eigenvalue weighted by atomic mass is 10.1. The van der Waals surface area contributed by atoms with Crippen molar-refractivity contribution in [2.24, 2.45) is 0 Å². The number of nitro benzene ring substituents is 1. The van der Waals surface area contributed by atoms with Crippen LogP contribution in [0.25, 0.3) is 0 Å². The number of non-ortho nitro benzene ring substituents is 1. The molecule has 0 fully saturated rings. The predicted molar refractivity (Wildman–Crippen MR) is 74.6 cm³/mol. The van der Waals surface area contributed by atoms with Gasteiger partial charge in [-0.25, -0.2) is 4.39 Å². The van der Waals surface area contributed by atoms with Gasteiger partial charge in [0.2, 0.25) is 0 Å². The van der Waals surface area contributed by atoms with Crippen LogP contribution in [0.15, 0.2) is 42.5 Å². The Morgan fingerprint density at radius 2 is 1.81 bits per heavy atom. The van der Waals surface area contributed by atoms with Gasteiger partial charge < -0.3 is 9.84 Å². The molecule has 110 valence electrons. The number of aliphatic hydroxyl groups excluding tert-OH is 1. The second-order valence-corrected chi connectivity index (χ2v) is 4.44. The van der Waals surface area contributed by atoms with Crippen LogP contribution in [-0.4, -0.2) is 16.6 Å². The first kappa shape index (κ1) is 14.9. The number of hydrogen-bond acceptors (Lipinski definition) is 4. The highest BCUT2D eigenvalue weighted by Crippen LogP contribution is 2.19. The molecule has 0 aliphatic carbocycles. The first-order valence-electron chi connectivity index (χ1n) is 6.35. The van der Waals surface area contributed by atoms with Gasteiger partial charge >= 0.3 is 0 Å². The number of nitro groups is 1. The number of benzene rings is 2. The molecule has 2 rings (SSSR count). The molecule has 21 heavy (non-hydrogen) atoms. The average molecular weight is 291 g/mol. The maximum atomic E-state index is 13.6. The molecule has 0 aromatic heterocycles. The Bertz CT molecular complexity index is 628. The van der Waals surface area contributed by atoms with Gasteiger partial charge in [0.05, 0.1) is 18.1 Å². The molecule has 0 radical (unpaired) electrons. The van der Waals surface area contributed by atoms with E-state index in [-0.39, 0.29) is 24.7 Å². The van der Waals surface area contributed by atoms with Crippen molar-refractivity contribution >= 4 is 5.69 Å². The number of halogens is 1. The lowest BCUT2D eigenvalue weighted by Crippen LogP contribution is -2.03. The Morgan fingerprint density at radius 3 is 2.38 bits per heavy atom. The Kier molecular flexibility index (Phi) is 4.84. The smallest absolute Gasteiger partial charge is 0.269 e. The molecule has 1 N–H and O–H groups in total. The van der Waals surface area contributed by atoms with E-state index in [0.717, 1.165) is 5.56 Å². The number of hydrogen-bond donors (Lipinski definition) is 1. The Labute approximate surface area is 120 Å². The number of ether oxygens (including phenoxy) is 1. The lowest BCUT2D eigenvalue weighted by Gasteiger charge is -2.08. The first-order chi connectivity index (χ1) is 10.1. The SMILES string of the molecule is O=[N+]([O-])c1ccc(CCOc2ccc(CO)cc2F)cc1. The van der Waals surface area contributed by atoms with E-state index in [1.54, 1.807) is 18.2 Å². The quantitative estimate of drug-likeness (QED) is 0.656. The van der Waals surface area contributed by atoms with E-state index >= 15 is 0 Å². The zero-order chi connectivity index (χ0) is 15.2. The van der Waals surface area contributed by atoms with Crippen LogP contribution in [0.3, 0.4) is 0 Å². The van der Waals surface area contributed by atoms with Crippen LogP contribution >= 0.6 is 0 Å². The zero-order valence-electron chi connectivity index (χ0n) is 11.2. The molecule has 5 nitrogen and oxygen atoms in total. The van der Waals surface area contributed by atoms with Crippen LogP contribution in [-0.2, 0) is 13.0 Å². The number of rotatable bonds is 6. The first-order valence-corrected chi connectivity index (χ1v) is 6.35. The molecule has 0 saturated carbocycles. The third-order valence-electron chi connectivity index (χ3n) is 2.97. The van der Waals surface area contributed by atoms with E-state index in [1.807, 2.05) is 0 Å². The average Bonchev–Trinajstić information content (AvgIpc) is 2.49. The van der Waals surface area contributed by atoms with E-state index in [1.165, 1.54) is 24.3 Å². The summed E-state index contributed by atoms with van der Waals surface area (Å²) in [6, 6.07) is 10.4. The van der Waals surface area contributed by atoms with E-state index in [9.17, 15) is 14.5 Å². The summed E-state index contributed by atoms with van der Waals surface area (Å²) in [6.45, 7) is 0.0349. The number of aliphatic hydroxyl groups is 1. The summed E-state index contributed by atoms with van der Waals surface area (Å²) in [5, 5.41) is 19.4. The molecule has 0 bridgehead atoms. The molecule has 0 heterocycles. The van der Waals surface area contributed by atoms with Crippen molar-refractivity contribution < 1.29 is 19.2 Å². The molecule has 0 spiro atoms. The summed E-state index contributed by atoms with van der Waals surface area (Å²) >= 11 is 0. The molecular formula is C15H14FNO4. The van der Waals surface area contributed by atoms with E-state index in [2.05, 4.69) is 0 Å². The van der Waals surface area contributed by atoms with Gasteiger partial charge in [-0.2, -0.15) is 0 Å². The molecule has 0 aliphatic rings. The third kappa shape index (κ3) is 4.00. The van der Waals surface area contributed by atoms with Crippen LogP contribution < -0.4 is 4.74 Å². The van der Waals surface area contributed by atoms with Crippen LogP contribution in [0.2, 0.25) is 0 Å². The Balaban J connectivity index is 1.90. The van der Waals surface area contributed by atoms with E-state index in [0.29, 0.717) is 12.0 Å². The Hall–Kier alpha value is -2.47. The lowest BCUT2D eigenvalue weighted by molar-refractivity contribution is -0.384. The van der Waals surface area contributed by atoms with Gasteiger partial charge in [0.15, 0.2) is 11.6 Å². The summed E-state index contributed by atoms with van der Waals surface area (Å²) in [7, 11) is 0. The monoisotopic (exact) mass is 291 g/mol. The number of nitrogens with zero attached hydrogens (tertiary/aromatic N) is 1. The van der Waals surface area contributed by atoms with Gasteiger partial charge in [-0.15, -0.1) is 0 Å². The molecule has 0 saturated heterocycles. The molecule has 2 aromatic carbocycles. The second-order valence-electron chi connectivity index (χ2n) is 4.44. The summed E-state index contributed by atoms with van der Waals surface area (Å²) in [6.07, 6.45) is 0.513. The highest BCUT2D eigenvalue weighted by molar-refractivity contribution is 5.33. The van der Waals surface area contributed by atoms with Gasteiger partial charge in [-0.05, 0) is 23.3 Å². The van der Waals surface area contributed by atoms with Crippen molar-refractivity contribution in [3.63, 3.8) is 0 Å². The van der Waals surface area contributed by atoms with Gasteiger partial charge in [-0.1, -0.05) is 18.2 Å². The molecule has 0 atom stereocenters. The van der Waals surface area contributed by atoms with E-state index in [4.69, 9.17) is 9.84 Å². The standard InChI is InChI=1S/C15H14FNO4/c16-14-9-12(10-18)3-6-15(14)21-8-7-11-1-4-13(5-2-11)17(19)20/h1-6,9,18H,7-8,10H2. The molecular weight excluding hydrogens is 277 g/mol. The van der Waals surface area contributed by atoms with Gasteiger partial charge in [0.1, 0.15) is 0 Å². The molecule has 0 amide bonds.